The van der Waals surface area contributed by atoms with Gasteiger partial charge in [-0.25, -0.2) is 0 Å². The van der Waals surface area contributed by atoms with Gasteiger partial charge in [-0.3, -0.25) is 0 Å². The van der Waals surface area contributed by atoms with Gasteiger partial charge in [0, 0.05) is 25.7 Å². The van der Waals surface area contributed by atoms with E-state index in [-0.39, 0.29) is 0 Å². The van der Waals surface area contributed by atoms with Gasteiger partial charge in [0.2, 0.25) is 0 Å². The maximum absolute atomic E-state index is 4.00. The van der Waals surface area contributed by atoms with Crippen LogP contribution in [-0.4, -0.2) is 25.7 Å². The zero-order valence-electron chi connectivity index (χ0n) is 16.3. The molecule has 0 aromatic carbocycles. The fraction of sp³-hybridized carbons (Fsp3) is 0.826. The minimum Gasteiger partial charge on any atom is -0.312 e. The molecule has 0 aliphatic heterocycles. The van der Waals surface area contributed by atoms with E-state index in [1.165, 1.54) is 35.8 Å². The Morgan fingerprint density at radius 2 is 1.52 bits per heavy atom. The van der Waals surface area contributed by atoms with Crippen molar-refractivity contribution in [3.05, 3.63) is 23.3 Å². The summed E-state index contributed by atoms with van der Waals surface area (Å²) in [6.45, 7) is 9.94. The Kier molecular flexibility index (Phi) is 4.13. The van der Waals surface area contributed by atoms with Crippen LogP contribution in [-0.2, 0) is 0 Å². The Bertz CT molecular complexity index is 559. The molecule has 6 saturated carbocycles. The molecular formula is C23H36N2. The molecule has 0 saturated heterocycles. The molecular weight excluding hydrogens is 304 g/mol. The monoisotopic (exact) mass is 340 g/mol. The molecule has 6 bridgehead atoms. The molecule has 0 aromatic heterocycles. The van der Waals surface area contributed by atoms with E-state index >= 15 is 0 Å². The van der Waals surface area contributed by atoms with E-state index in [1.54, 1.807) is 12.8 Å². The van der Waals surface area contributed by atoms with Gasteiger partial charge in [0.15, 0.2) is 0 Å². The van der Waals surface area contributed by atoms with Gasteiger partial charge >= 0.3 is 0 Å². The lowest BCUT2D eigenvalue weighted by atomic mass is 9.71. The van der Waals surface area contributed by atoms with Crippen LogP contribution in [0.25, 0.3) is 0 Å². The second kappa shape index (κ2) is 6.23. The molecule has 0 radical (unpaired) electrons. The van der Waals surface area contributed by atoms with Crippen LogP contribution in [0.5, 0.6) is 0 Å². The second-order valence-electron chi connectivity index (χ2n) is 9.99. The van der Waals surface area contributed by atoms with Crippen molar-refractivity contribution in [3.8, 4) is 0 Å². The first-order valence-corrected chi connectivity index (χ1v) is 10.9. The van der Waals surface area contributed by atoms with Crippen LogP contribution in [0.15, 0.2) is 23.3 Å². The summed E-state index contributed by atoms with van der Waals surface area (Å²) in [5, 5.41) is 7.62. The zero-order valence-corrected chi connectivity index (χ0v) is 16.3. The van der Waals surface area contributed by atoms with Crippen molar-refractivity contribution >= 4 is 0 Å². The minimum atomic E-state index is 0.894. The number of nitrogens with one attached hydrogen (secondary N) is 2. The van der Waals surface area contributed by atoms with E-state index in [2.05, 4.69) is 43.6 Å². The number of hydrogen-bond donors (Lipinski definition) is 2. The summed E-state index contributed by atoms with van der Waals surface area (Å²) < 4.78 is 0. The van der Waals surface area contributed by atoms with Crippen LogP contribution in [0.4, 0.5) is 0 Å². The van der Waals surface area contributed by atoms with E-state index in [1.807, 2.05) is 0 Å². The summed E-state index contributed by atoms with van der Waals surface area (Å²) in [6.07, 6.45) is 10.3. The molecule has 2 heteroatoms. The molecule has 6 rings (SSSR count). The predicted molar refractivity (Wildman–Crippen MR) is 104 cm³/mol. The van der Waals surface area contributed by atoms with Crippen molar-refractivity contribution in [2.45, 2.75) is 52.5 Å². The van der Waals surface area contributed by atoms with Crippen molar-refractivity contribution in [2.24, 2.45) is 47.3 Å². The largest absolute Gasteiger partial charge is 0.312 e. The Morgan fingerprint density at radius 1 is 0.840 bits per heavy atom. The number of rotatable bonds is 9. The Balaban J connectivity index is 1.02. The molecule has 2 nitrogen and oxygen atoms in total. The zero-order chi connectivity index (χ0) is 17.1. The molecule has 0 heterocycles. The first-order valence-electron chi connectivity index (χ1n) is 10.9. The maximum Gasteiger partial charge on any atom is 0.0137 e. The summed E-state index contributed by atoms with van der Waals surface area (Å²) in [4.78, 5) is 0. The summed E-state index contributed by atoms with van der Waals surface area (Å²) in [5.41, 5.74) is 2.95. The highest BCUT2D eigenvalue weighted by Crippen LogP contribution is 2.82. The minimum absolute atomic E-state index is 0.894. The third-order valence-electron chi connectivity index (χ3n) is 8.69. The fourth-order valence-electron chi connectivity index (χ4n) is 8.26. The van der Waals surface area contributed by atoms with E-state index in [0.717, 1.165) is 61.2 Å². The quantitative estimate of drug-likeness (QED) is 0.490. The van der Waals surface area contributed by atoms with Gasteiger partial charge in [-0.05, 0) is 93.8 Å². The van der Waals surface area contributed by atoms with E-state index in [4.69, 9.17) is 0 Å². The highest BCUT2D eigenvalue weighted by molar-refractivity contribution is 5.29. The van der Waals surface area contributed by atoms with E-state index in [9.17, 15) is 0 Å². The molecule has 8 atom stereocenters. The van der Waals surface area contributed by atoms with Gasteiger partial charge in [0.05, 0.1) is 0 Å². The highest BCUT2D eigenvalue weighted by Gasteiger charge is 2.79. The molecule has 8 unspecified atom stereocenters. The van der Waals surface area contributed by atoms with Crippen LogP contribution >= 0.6 is 0 Å². The fourth-order valence-corrected chi connectivity index (χ4v) is 8.26. The van der Waals surface area contributed by atoms with Crippen molar-refractivity contribution in [3.63, 3.8) is 0 Å². The van der Waals surface area contributed by atoms with Gasteiger partial charge in [-0.2, -0.15) is 0 Å². The Hall–Kier alpha value is -0.600. The van der Waals surface area contributed by atoms with Gasteiger partial charge in [0.1, 0.15) is 0 Å². The van der Waals surface area contributed by atoms with Crippen LogP contribution in [0.1, 0.15) is 46.5 Å². The average Bonchev–Trinajstić information content (AvgIpc) is 3.29. The summed E-state index contributed by atoms with van der Waals surface area (Å²) >= 11 is 0. The van der Waals surface area contributed by atoms with Crippen molar-refractivity contribution in [1.82, 2.24) is 10.6 Å². The summed E-state index contributed by atoms with van der Waals surface area (Å²) in [7, 11) is 0. The van der Waals surface area contributed by atoms with Crippen molar-refractivity contribution in [1.29, 1.82) is 0 Å². The molecule has 25 heavy (non-hydrogen) atoms. The van der Waals surface area contributed by atoms with E-state index < -0.39 is 0 Å². The predicted octanol–water partition coefficient (Wildman–Crippen LogP) is 4.00. The summed E-state index contributed by atoms with van der Waals surface area (Å²) in [5.74, 6) is 9.10. The SMILES string of the molecule is CC(C)=CCC/C(C)=C/CNCCNC1C2C3CC4C5CC(C42)C1C53. The molecule has 6 aliphatic rings. The van der Waals surface area contributed by atoms with Crippen molar-refractivity contribution < 1.29 is 0 Å². The Labute approximate surface area is 153 Å². The third-order valence-corrected chi connectivity index (χ3v) is 8.69. The molecule has 2 N–H and O–H groups in total. The van der Waals surface area contributed by atoms with Gasteiger partial charge in [-0.15, -0.1) is 0 Å². The standard InChI is InChI=1S/C23H36N2/c1-13(2)5-4-6-14(3)7-8-24-9-10-25-23-21-17-11-15-16-12-18(19(15)21)22(23)20(16)17/h5,7,15-25H,4,6,8-12H2,1-3H3/b14-7+. The third kappa shape index (κ3) is 2.43. The molecule has 0 aromatic rings. The second-order valence-corrected chi connectivity index (χ2v) is 9.99. The van der Waals surface area contributed by atoms with Crippen LogP contribution in [0.2, 0.25) is 0 Å². The molecule has 6 aliphatic carbocycles. The normalized spacial score (nSPS) is 47.6. The van der Waals surface area contributed by atoms with Crippen molar-refractivity contribution in [2.75, 3.05) is 19.6 Å². The Morgan fingerprint density at radius 3 is 2.16 bits per heavy atom. The first kappa shape index (κ1) is 16.6. The number of allylic oxidation sites excluding steroid dienone is 3. The van der Waals surface area contributed by atoms with Gasteiger partial charge in [-0.1, -0.05) is 23.3 Å². The van der Waals surface area contributed by atoms with E-state index in [0.29, 0.717) is 0 Å². The smallest absolute Gasteiger partial charge is 0.0137 e. The molecule has 6 fully saturated rings. The highest BCUT2D eigenvalue weighted by atomic mass is 15.0. The van der Waals surface area contributed by atoms with Gasteiger partial charge < -0.3 is 10.6 Å². The lowest BCUT2D eigenvalue weighted by molar-refractivity contribution is 0.132. The average molecular weight is 341 g/mol. The molecule has 0 spiro atoms. The van der Waals surface area contributed by atoms with Crippen LogP contribution < -0.4 is 10.6 Å². The van der Waals surface area contributed by atoms with Gasteiger partial charge in [0.25, 0.3) is 0 Å². The lowest BCUT2D eigenvalue weighted by Gasteiger charge is -2.33. The molecule has 0 amide bonds. The molecule has 138 valence electrons. The maximum atomic E-state index is 4.00. The number of hydrogen-bond acceptors (Lipinski definition) is 2. The van der Waals surface area contributed by atoms with Crippen LogP contribution in [0.3, 0.4) is 0 Å². The first-order chi connectivity index (χ1) is 12.2. The lowest BCUT2D eigenvalue weighted by Crippen LogP contribution is -2.39. The topological polar surface area (TPSA) is 24.1 Å². The summed E-state index contributed by atoms with van der Waals surface area (Å²) in [6, 6.07) is 0.894. The van der Waals surface area contributed by atoms with Crippen LogP contribution in [0, 0.1) is 47.3 Å².